The lowest BCUT2D eigenvalue weighted by molar-refractivity contribution is -0.138. The molecule has 0 fully saturated rings. The zero-order valence-electron chi connectivity index (χ0n) is 15.7. The average Bonchev–Trinajstić information content (AvgIpc) is 2.58. The molecule has 0 spiro atoms. The van der Waals surface area contributed by atoms with Gasteiger partial charge in [0.2, 0.25) is 0 Å². The highest BCUT2D eigenvalue weighted by Crippen LogP contribution is 2.06. The van der Waals surface area contributed by atoms with Gasteiger partial charge in [-0.05, 0) is 38.1 Å². The number of hydrogen-bond acceptors (Lipinski definition) is 4. The van der Waals surface area contributed by atoms with Gasteiger partial charge < -0.3 is 9.64 Å². The van der Waals surface area contributed by atoms with E-state index in [0.717, 1.165) is 13.1 Å². The van der Waals surface area contributed by atoms with Gasteiger partial charge in [-0.2, -0.15) is 5.26 Å². The van der Waals surface area contributed by atoms with Crippen LogP contribution in [0.5, 0.6) is 0 Å². The molecule has 0 saturated carbocycles. The van der Waals surface area contributed by atoms with Crippen LogP contribution in [0.1, 0.15) is 72.1 Å². The minimum Gasteiger partial charge on any atom is -0.462 e. The van der Waals surface area contributed by atoms with Crippen LogP contribution in [0.2, 0.25) is 0 Å². The first-order chi connectivity index (χ1) is 11.7. The van der Waals surface area contributed by atoms with E-state index in [2.05, 4.69) is 18.7 Å². The summed E-state index contributed by atoms with van der Waals surface area (Å²) >= 11 is 0. The van der Waals surface area contributed by atoms with Gasteiger partial charge >= 0.3 is 5.97 Å². The second-order valence-electron chi connectivity index (χ2n) is 5.91. The third-order valence-corrected chi connectivity index (χ3v) is 3.77. The SMILES string of the molecule is CCCCCCN(/C=C/C=C(/C#N)C(=O)OCC)CCCCCC. The number of carbonyl (C=O) groups is 1. The number of rotatable bonds is 14. The van der Waals surface area contributed by atoms with Gasteiger partial charge in [-0.1, -0.05) is 52.4 Å². The molecule has 4 heteroatoms. The zero-order valence-corrected chi connectivity index (χ0v) is 15.7. The normalized spacial score (nSPS) is 11.5. The minimum atomic E-state index is -0.554. The van der Waals surface area contributed by atoms with E-state index in [-0.39, 0.29) is 12.2 Å². The Morgan fingerprint density at radius 2 is 1.58 bits per heavy atom. The van der Waals surface area contributed by atoms with Crippen LogP contribution < -0.4 is 0 Å². The Kier molecular flexibility index (Phi) is 14.9. The van der Waals surface area contributed by atoms with Crippen LogP contribution in [0.15, 0.2) is 23.9 Å². The molecule has 0 aromatic heterocycles. The van der Waals surface area contributed by atoms with Crippen molar-refractivity contribution in [3.8, 4) is 6.07 Å². The third kappa shape index (κ3) is 11.8. The van der Waals surface area contributed by atoms with Gasteiger partial charge in [-0.3, -0.25) is 0 Å². The van der Waals surface area contributed by atoms with E-state index in [1.807, 2.05) is 12.3 Å². The third-order valence-electron chi connectivity index (χ3n) is 3.77. The molecule has 0 radical (unpaired) electrons. The number of nitriles is 1. The average molecular weight is 335 g/mol. The van der Waals surface area contributed by atoms with Crippen molar-refractivity contribution in [2.24, 2.45) is 0 Å². The number of hydrogen-bond donors (Lipinski definition) is 0. The first kappa shape index (κ1) is 22.2. The lowest BCUT2D eigenvalue weighted by Gasteiger charge is -2.20. The highest BCUT2D eigenvalue weighted by Gasteiger charge is 2.07. The van der Waals surface area contributed by atoms with Gasteiger partial charge in [0.05, 0.1) is 6.61 Å². The minimum absolute atomic E-state index is 0.0463. The molecule has 0 aliphatic heterocycles. The topological polar surface area (TPSA) is 53.3 Å². The Hall–Kier alpha value is -1.76. The summed E-state index contributed by atoms with van der Waals surface area (Å²) < 4.78 is 4.86. The molecule has 0 aromatic rings. The van der Waals surface area contributed by atoms with E-state index in [1.54, 1.807) is 19.1 Å². The monoisotopic (exact) mass is 334 g/mol. The summed E-state index contributed by atoms with van der Waals surface area (Å²) in [5, 5.41) is 9.02. The number of ether oxygens (including phenoxy) is 1. The largest absolute Gasteiger partial charge is 0.462 e. The maximum Gasteiger partial charge on any atom is 0.348 e. The van der Waals surface area contributed by atoms with Crippen LogP contribution in [0.25, 0.3) is 0 Å². The molecule has 0 aliphatic carbocycles. The molecule has 0 N–H and O–H groups in total. The molecular weight excluding hydrogens is 300 g/mol. The number of allylic oxidation sites excluding steroid dienone is 2. The summed E-state index contributed by atoms with van der Waals surface area (Å²) in [7, 11) is 0. The lowest BCUT2D eigenvalue weighted by Crippen LogP contribution is -2.20. The molecule has 0 bridgehead atoms. The van der Waals surface area contributed by atoms with Gasteiger partial charge in [0, 0.05) is 13.1 Å². The fourth-order valence-electron chi connectivity index (χ4n) is 2.36. The van der Waals surface area contributed by atoms with Crippen molar-refractivity contribution >= 4 is 5.97 Å². The van der Waals surface area contributed by atoms with Gasteiger partial charge in [0.15, 0.2) is 0 Å². The Bertz CT molecular complexity index is 410. The molecule has 0 rings (SSSR count). The predicted molar refractivity (Wildman–Crippen MR) is 99.3 cm³/mol. The van der Waals surface area contributed by atoms with Crippen molar-refractivity contribution in [1.29, 1.82) is 5.26 Å². The fourth-order valence-corrected chi connectivity index (χ4v) is 2.36. The lowest BCUT2D eigenvalue weighted by atomic mass is 10.1. The number of esters is 1. The van der Waals surface area contributed by atoms with Crippen LogP contribution in [0, 0.1) is 11.3 Å². The fraction of sp³-hybridized carbons (Fsp3) is 0.700. The van der Waals surface area contributed by atoms with Crippen LogP contribution in [-0.4, -0.2) is 30.6 Å². The maximum atomic E-state index is 11.6. The first-order valence-electron chi connectivity index (χ1n) is 9.39. The summed E-state index contributed by atoms with van der Waals surface area (Å²) in [5.41, 5.74) is 0.0463. The first-order valence-corrected chi connectivity index (χ1v) is 9.39. The summed E-state index contributed by atoms with van der Waals surface area (Å²) in [5.74, 6) is -0.554. The highest BCUT2D eigenvalue weighted by molar-refractivity contribution is 5.93. The Labute approximate surface area is 148 Å². The smallest absolute Gasteiger partial charge is 0.348 e. The number of nitrogens with zero attached hydrogens (tertiary/aromatic N) is 2. The number of unbranched alkanes of at least 4 members (excludes halogenated alkanes) is 6. The zero-order chi connectivity index (χ0) is 18.0. The summed E-state index contributed by atoms with van der Waals surface area (Å²) in [6, 6.07) is 1.90. The molecule has 0 atom stereocenters. The summed E-state index contributed by atoms with van der Waals surface area (Å²) in [6.07, 6.45) is 15.2. The van der Waals surface area contributed by atoms with Crippen molar-refractivity contribution in [2.75, 3.05) is 19.7 Å². The van der Waals surface area contributed by atoms with Crippen molar-refractivity contribution < 1.29 is 9.53 Å². The number of carbonyl (C=O) groups excluding carboxylic acids is 1. The van der Waals surface area contributed by atoms with Crippen molar-refractivity contribution in [2.45, 2.75) is 72.1 Å². The standard InChI is InChI=1S/C20H34N2O2/c1-4-7-9-11-15-22(16-12-10-8-5-2)17-13-14-19(18-21)20(23)24-6-3/h13-14,17H,4-12,15-16H2,1-3H3/b17-13+,19-14-. The van der Waals surface area contributed by atoms with E-state index < -0.39 is 5.97 Å². The van der Waals surface area contributed by atoms with Crippen molar-refractivity contribution in [3.05, 3.63) is 23.9 Å². The van der Waals surface area contributed by atoms with E-state index in [0.29, 0.717) is 0 Å². The van der Waals surface area contributed by atoms with Gasteiger partial charge in [-0.25, -0.2) is 4.79 Å². The Morgan fingerprint density at radius 3 is 2.04 bits per heavy atom. The van der Waals surface area contributed by atoms with Crippen LogP contribution in [-0.2, 0) is 9.53 Å². The van der Waals surface area contributed by atoms with Gasteiger partial charge in [-0.15, -0.1) is 0 Å². The second-order valence-corrected chi connectivity index (χ2v) is 5.91. The molecule has 0 heterocycles. The van der Waals surface area contributed by atoms with Crippen molar-refractivity contribution in [1.82, 2.24) is 4.90 Å². The molecule has 0 unspecified atom stereocenters. The Morgan fingerprint density at radius 1 is 1.00 bits per heavy atom. The molecule has 136 valence electrons. The molecule has 0 amide bonds. The maximum absolute atomic E-state index is 11.6. The van der Waals surface area contributed by atoms with E-state index in [4.69, 9.17) is 10.00 Å². The summed E-state index contributed by atoms with van der Waals surface area (Å²) in [6.45, 7) is 8.49. The predicted octanol–water partition coefficient (Wildman–Crippen LogP) is 4.98. The molecule has 4 nitrogen and oxygen atoms in total. The molecule has 24 heavy (non-hydrogen) atoms. The molecule has 0 aromatic carbocycles. The van der Waals surface area contributed by atoms with E-state index >= 15 is 0 Å². The summed E-state index contributed by atoms with van der Waals surface area (Å²) in [4.78, 5) is 13.9. The van der Waals surface area contributed by atoms with E-state index in [1.165, 1.54) is 51.4 Å². The second kappa shape index (κ2) is 16.1. The molecular formula is C20H34N2O2. The van der Waals surface area contributed by atoms with Gasteiger partial charge in [0.25, 0.3) is 0 Å². The molecule has 0 aliphatic rings. The molecule has 0 saturated heterocycles. The Balaban J connectivity index is 4.56. The van der Waals surface area contributed by atoms with Crippen molar-refractivity contribution in [3.63, 3.8) is 0 Å². The van der Waals surface area contributed by atoms with Crippen LogP contribution >= 0.6 is 0 Å². The highest BCUT2D eigenvalue weighted by atomic mass is 16.5. The van der Waals surface area contributed by atoms with Crippen LogP contribution in [0.4, 0.5) is 0 Å². The quantitative estimate of drug-likeness (QED) is 0.148. The van der Waals surface area contributed by atoms with Gasteiger partial charge in [0.1, 0.15) is 11.6 Å². The van der Waals surface area contributed by atoms with E-state index in [9.17, 15) is 4.79 Å². The van der Waals surface area contributed by atoms with Crippen LogP contribution in [0.3, 0.4) is 0 Å².